The van der Waals surface area contributed by atoms with Crippen LogP contribution in [-0.2, 0) is 11.2 Å². The Morgan fingerprint density at radius 3 is 2.89 bits per heavy atom. The number of ether oxygens (including phenoxy) is 1. The number of nitrogens with one attached hydrogen (secondary N) is 1. The zero-order valence-electron chi connectivity index (χ0n) is 12.0. The summed E-state index contributed by atoms with van der Waals surface area (Å²) in [6.45, 7) is 4.20. The van der Waals surface area contributed by atoms with Gasteiger partial charge in [-0.2, -0.15) is 0 Å². The Balaban J connectivity index is 1.72. The van der Waals surface area contributed by atoms with Crippen molar-refractivity contribution in [2.24, 2.45) is 0 Å². The van der Waals surface area contributed by atoms with E-state index in [-0.39, 0.29) is 0 Å². The summed E-state index contributed by atoms with van der Waals surface area (Å²) in [6.07, 6.45) is 11.5. The third-order valence-corrected chi connectivity index (χ3v) is 3.88. The molecule has 0 aromatic carbocycles. The molecule has 1 aromatic rings. The van der Waals surface area contributed by atoms with Crippen molar-refractivity contribution in [2.45, 2.75) is 57.6 Å². The maximum absolute atomic E-state index is 5.71. The normalized spacial score (nSPS) is 20.6. The number of pyridine rings is 1. The van der Waals surface area contributed by atoms with Gasteiger partial charge in [0.05, 0.1) is 6.10 Å². The van der Waals surface area contributed by atoms with Crippen molar-refractivity contribution in [1.82, 2.24) is 10.3 Å². The summed E-state index contributed by atoms with van der Waals surface area (Å²) in [7, 11) is 0. The number of nitrogens with zero attached hydrogens (tertiary/aromatic N) is 1. The van der Waals surface area contributed by atoms with Crippen LogP contribution < -0.4 is 5.32 Å². The Kier molecular flexibility index (Phi) is 6.31. The number of rotatable bonds is 8. The molecule has 1 saturated heterocycles. The Hall–Kier alpha value is -0.930. The molecule has 1 aliphatic rings. The second-order valence-corrected chi connectivity index (χ2v) is 5.36. The van der Waals surface area contributed by atoms with Crippen molar-refractivity contribution in [3.63, 3.8) is 0 Å². The van der Waals surface area contributed by atoms with Gasteiger partial charge >= 0.3 is 0 Å². The summed E-state index contributed by atoms with van der Waals surface area (Å²) in [5.41, 5.74) is 1.38. The zero-order chi connectivity index (χ0) is 13.3. The fourth-order valence-electron chi connectivity index (χ4n) is 2.79. The number of hydrogen-bond donors (Lipinski definition) is 1. The minimum atomic E-state index is 0.516. The first-order valence-electron chi connectivity index (χ1n) is 7.62. The van der Waals surface area contributed by atoms with E-state index >= 15 is 0 Å². The average Bonchev–Trinajstić information content (AvgIpc) is 2.96. The largest absolute Gasteiger partial charge is 0.378 e. The van der Waals surface area contributed by atoms with E-state index in [1.54, 1.807) is 0 Å². The van der Waals surface area contributed by atoms with Crippen LogP contribution in [0.5, 0.6) is 0 Å². The SMILES string of the molecule is CCNC(CCc1ccncc1)CCC1CCCO1. The van der Waals surface area contributed by atoms with Crippen molar-refractivity contribution < 1.29 is 4.74 Å². The molecule has 2 heterocycles. The highest BCUT2D eigenvalue weighted by Gasteiger charge is 2.17. The van der Waals surface area contributed by atoms with Gasteiger partial charge in [0.25, 0.3) is 0 Å². The van der Waals surface area contributed by atoms with E-state index in [1.807, 2.05) is 12.4 Å². The minimum absolute atomic E-state index is 0.516. The number of hydrogen-bond acceptors (Lipinski definition) is 3. The standard InChI is InChI=1S/C16H26N2O/c1-2-18-15(7-8-16-4-3-13-19-16)6-5-14-9-11-17-12-10-14/h9-12,15-16,18H,2-8,13H2,1H3. The van der Waals surface area contributed by atoms with Crippen LogP contribution in [0.1, 0.15) is 44.6 Å². The second-order valence-electron chi connectivity index (χ2n) is 5.36. The van der Waals surface area contributed by atoms with Gasteiger partial charge in [-0.1, -0.05) is 6.92 Å². The van der Waals surface area contributed by atoms with E-state index in [9.17, 15) is 0 Å². The fourth-order valence-corrected chi connectivity index (χ4v) is 2.79. The molecule has 1 fully saturated rings. The lowest BCUT2D eigenvalue weighted by molar-refractivity contribution is 0.0993. The number of aryl methyl sites for hydroxylation is 1. The summed E-state index contributed by atoms with van der Waals surface area (Å²) in [5.74, 6) is 0. The van der Waals surface area contributed by atoms with Crippen LogP contribution >= 0.6 is 0 Å². The third-order valence-electron chi connectivity index (χ3n) is 3.88. The molecule has 0 aliphatic carbocycles. The highest BCUT2D eigenvalue weighted by atomic mass is 16.5. The lowest BCUT2D eigenvalue weighted by Gasteiger charge is -2.19. The molecule has 1 aromatic heterocycles. The van der Waals surface area contributed by atoms with E-state index < -0.39 is 0 Å². The van der Waals surface area contributed by atoms with Crippen LogP contribution in [0.15, 0.2) is 24.5 Å². The van der Waals surface area contributed by atoms with Crippen molar-refractivity contribution in [2.75, 3.05) is 13.2 Å². The predicted octanol–water partition coefficient (Wildman–Crippen LogP) is 2.95. The zero-order valence-corrected chi connectivity index (χ0v) is 12.0. The van der Waals surface area contributed by atoms with Gasteiger partial charge < -0.3 is 10.1 Å². The predicted molar refractivity (Wildman–Crippen MR) is 78.2 cm³/mol. The van der Waals surface area contributed by atoms with Crippen LogP contribution in [0.2, 0.25) is 0 Å². The van der Waals surface area contributed by atoms with E-state index in [0.717, 1.165) is 19.6 Å². The second kappa shape index (κ2) is 8.28. The van der Waals surface area contributed by atoms with Crippen molar-refractivity contribution >= 4 is 0 Å². The van der Waals surface area contributed by atoms with Crippen molar-refractivity contribution in [1.29, 1.82) is 0 Å². The van der Waals surface area contributed by atoms with E-state index in [0.29, 0.717) is 12.1 Å². The Morgan fingerprint density at radius 1 is 1.37 bits per heavy atom. The van der Waals surface area contributed by atoms with Gasteiger partial charge in [-0.25, -0.2) is 0 Å². The highest BCUT2D eigenvalue weighted by molar-refractivity contribution is 5.09. The Morgan fingerprint density at radius 2 is 2.21 bits per heavy atom. The lowest BCUT2D eigenvalue weighted by Crippen LogP contribution is -2.30. The topological polar surface area (TPSA) is 34.2 Å². The van der Waals surface area contributed by atoms with Gasteiger partial charge in [-0.15, -0.1) is 0 Å². The Bertz CT molecular complexity index is 336. The maximum Gasteiger partial charge on any atom is 0.0576 e. The Labute approximate surface area is 116 Å². The van der Waals surface area contributed by atoms with Gasteiger partial charge in [-0.05, 0) is 62.8 Å². The molecular weight excluding hydrogens is 236 g/mol. The molecule has 3 nitrogen and oxygen atoms in total. The molecule has 2 atom stereocenters. The first kappa shape index (κ1) is 14.5. The molecule has 0 spiro atoms. The molecule has 0 radical (unpaired) electrons. The van der Waals surface area contributed by atoms with Crippen LogP contribution in [0.25, 0.3) is 0 Å². The fraction of sp³-hybridized carbons (Fsp3) is 0.688. The highest BCUT2D eigenvalue weighted by Crippen LogP contribution is 2.19. The molecule has 0 bridgehead atoms. The summed E-state index contributed by atoms with van der Waals surface area (Å²) in [4.78, 5) is 4.07. The van der Waals surface area contributed by atoms with Crippen molar-refractivity contribution in [3.05, 3.63) is 30.1 Å². The molecule has 1 N–H and O–H groups in total. The minimum Gasteiger partial charge on any atom is -0.378 e. The molecule has 0 amide bonds. The molecule has 106 valence electrons. The first-order chi connectivity index (χ1) is 9.38. The van der Waals surface area contributed by atoms with Crippen LogP contribution in [0, 0.1) is 0 Å². The number of aromatic nitrogens is 1. The van der Waals surface area contributed by atoms with E-state index in [2.05, 4.69) is 29.4 Å². The van der Waals surface area contributed by atoms with Gasteiger partial charge in [-0.3, -0.25) is 4.98 Å². The summed E-state index contributed by atoms with van der Waals surface area (Å²) < 4.78 is 5.71. The lowest BCUT2D eigenvalue weighted by atomic mass is 10.00. The molecule has 19 heavy (non-hydrogen) atoms. The summed E-state index contributed by atoms with van der Waals surface area (Å²) in [6, 6.07) is 4.84. The monoisotopic (exact) mass is 262 g/mol. The van der Waals surface area contributed by atoms with Gasteiger partial charge in [0, 0.05) is 25.0 Å². The van der Waals surface area contributed by atoms with Gasteiger partial charge in [0.1, 0.15) is 0 Å². The van der Waals surface area contributed by atoms with Gasteiger partial charge in [0.15, 0.2) is 0 Å². The average molecular weight is 262 g/mol. The third kappa shape index (κ3) is 5.29. The van der Waals surface area contributed by atoms with Crippen LogP contribution in [-0.4, -0.2) is 30.3 Å². The van der Waals surface area contributed by atoms with E-state index in [4.69, 9.17) is 4.74 Å². The quantitative estimate of drug-likeness (QED) is 0.782. The van der Waals surface area contributed by atoms with Crippen LogP contribution in [0.4, 0.5) is 0 Å². The molecule has 1 aliphatic heterocycles. The molecule has 2 unspecified atom stereocenters. The molecule has 3 heteroatoms. The smallest absolute Gasteiger partial charge is 0.0576 e. The maximum atomic E-state index is 5.71. The van der Waals surface area contributed by atoms with Crippen LogP contribution in [0.3, 0.4) is 0 Å². The summed E-state index contributed by atoms with van der Waals surface area (Å²) >= 11 is 0. The molecule has 2 rings (SSSR count). The van der Waals surface area contributed by atoms with Crippen molar-refractivity contribution in [3.8, 4) is 0 Å². The first-order valence-corrected chi connectivity index (χ1v) is 7.62. The molecular formula is C16H26N2O. The summed E-state index contributed by atoms with van der Waals surface area (Å²) in [5, 5.41) is 3.61. The van der Waals surface area contributed by atoms with E-state index in [1.165, 1.54) is 37.7 Å². The molecule has 0 saturated carbocycles. The van der Waals surface area contributed by atoms with Gasteiger partial charge in [0.2, 0.25) is 0 Å².